The molecule has 9 nitrogen and oxygen atoms in total. The summed E-state index contributed by atoms with van der Waals surface area (Å²) in [5, 5.41) is 3.08. The number of carbonyl (C=O) groups excluding carboxylic acids is 1. The molecule has 1 unspecified atom stereocenters. The lowest BCUT2D eigenvalue weighted by Crippen LogP contribution is -2.46. The molecule has 0 aromatic heterocycles. The molecule has 3 fully saturated rings. The third kappa shape index (κ3) is 5.91. The minimum absolute atomic E-state index is 0.148. The van der Waals surface area contributed by atoms with E-state index in [-0.39, 0.29) is 16.8 Å². The summed E-state index contributed by atoms with van der Waals surface area (Å²) in [5.41, 5.74) is 1.15. The van der Waals surface area contributed by atoms with Crippen LogP contribution in [0, 0.1) is 5.92 Å². The van der Waals surface area contributed by atoms with Crippen LogP contribution in [0.25, 0.3) is 0 Å². The predicted octanol–water partition coefficient (Wildman–Crippen LogP) is 1.39. The number of rotatable bonds is 7. The molecule has 1 atom stereocenters. The van der Waals surface area contributed by atoms with Gasteiger partial charge in [0.05, 0.1) is 36.9 Å². The quantitative estimate of drug-likeness (QED) is 0.613. The lowest BCUT2D eigenvalue weighted by Gasteiger charge is -2.35. The Kier molecular flexibility index (Phi) is 8.47. The average molecular weight is 495 g/mol. The van der Waals surface area contributed by atoms with Crippen molar-refractivity contribution < 1.29 is 22.7 Å². The van der Waals surface area contributed by atoms with Crippen LogP contribution in [0.2, 0.25) is 0 Å². The summed E-state index contributed by atoms with van der Waals surface area (Å²) in [6.45, 7) is 10.9. The molecule has 34 heavy (non-hydrogen) atoms. The number of benzene rings is 1. The maximum atomic E-state index is 13.4. The lowest BCUT2D eigenvalue weighted by atomic mass is 9.98. The topological polar surface area (TPSA) is 91.4 Å². The van der Waals surface area contributed by atoms with Crippen molar-refractivity contribution in [2.75, 3.05) is 77.1 Å². The van der Waals surface area contributed by atoms with Crippen molar-refractivity contribution in [3.63, 3.8) is 0 Å². The van der Waals surface area contributed by atoms with Gasteiger partial charge in [0, 0.05) is 44.5 Å². The van der Waals surface area contributed by atoms with E-state index in [1.165, 1.54) is 23.2 Å². The number of amides is 1. The highest BCUT2D eigenvalue weighted by atomic mass is 32.2. The van der Waals surface area contributed by atoms with Crippen molar-refractivity contribution in [3.05, 3.63) is 23.8 Å². The van der Waals surface area contributed by atoms with Crippen LogP contribution in [0.5, 0.6) is 0 Å². The van der Waals surface area contributed by atoms with Crippen LogP contribution in [0.15, 0.2) is 23.1 Å². The Morgan fingerprint density at radius 3 is 2.29 bits per heavy atom. The summed E-state index contributed by atoms with van der Waals surface area (Å²) in [4.78, 5) is 18.1. The highest BCUT2D eigenvalue weighted by molar-refractivity contribution is 7.89. The van der Waals surface area contributed by atoms with Crippen molar-refractivity contribution >= 4 is 21.6 Å². The van der Waals surface area contributed by atoms with E-state index in [1.54, 1.807) is 12.1 Å². The van der Waals surface area contributed by atoms with Gasteiger partial charge in [-0.25, -0.2) is 8.42 Å². The second-order valence-corrected chi connectivity index (χ2v) is 11.5. The van der Waals surface area contributed by atoms with Gasteiger partial charge in [-0.05, 0) is 57.0 Å². The molecule has 0 radical (unpaired) electrons. The molecular weight excluding hydrogens is 456 g/mol. The molecule has 0 saturated carbocycles. The fourth-order valence-corrected chi connectivity index (χ4v) is 6.24. The maximum Gasteiger partial charge on any atom is 0.253 e. The van der Waals surface area contributed by atoms with Crippen LogP contribution in [-0.2, 0) is 19.5 Å². The minimum Gasteiger partial charge on any atom is -0.379 e. The molecule has 0 aliphatic carbocycles. The van der Waals surface area contributed by atoms with Crippen LogP contribution in [0.4, 0.5) is 5.69 Å². The molecule has 190 valence electrons. The van der Waals surface area contributed by atoms with Crippen LogP contribution >= 0.6 is 0 Å². The van der Waals surface area contributed by atoms with Gasteiger partial charge in [0.25, 0.3) is 5.91 Å². The molecule has 0 bridgehead atoms. The first-order valence-electron chi connectivity index (χ1n) is 12.4. The predicted molar refractivity (Wildman–Crippen MR) is 131 cm³/mol. The highest BCUT2D eigenvalue weighted by Crippen LogP contribution is 2.27. The third-order valence-electron chi connectivity index (χ3n) is 7.17. The average Bonchev–Trinajstić information content (AvgIpc) is 2.88. The lowest BCUT2D eigenvalue weighted by molar-refractivity contribution is 0.0730. The Morgan fingerprint density at radius 1 is 1.03 bits per heavy atom. The number of carbonyl (C=O) groups is 1. The van der Waals surface area contributed by atoms with E-state index in [9.17, 15) is 13.2 Å². The number of sulfonamides is 1. The summed E-state index contributed by atoms with van der Waals surface area (Å²) < 4.78 is 38.7. The zero-order valence-electron chi connectivity index (χ0n) is 20.4. The molecule has 1 aromatic carbocycles. The Hall–Kier alpha value is -1.72. The minimum atomic E-state index is -3.70. The Morgan fingerprint density at radius 2 is 1.65 bits per heavy atom. The normalized spacial score (nSPS) is 22.5. The Bertz CT molecular complexity index is 937. The van der Waals surface area contributed by atoms with Crippen molar-refractivity contribution in [2.24, 2.45) is 5.92 Å². The smallest absolute Gasteiger partial charge is 0.253 e. The number of nitrogens with one attached hydrogen (secondary N) is 1. The molecular formula is C24H38N4O5S. The largest absolute Gasteiger partial charge is 0.379 e. The van der Waals surface area contributed by atoms with Crippen LogP contribution < -0.4 is 10.2 Å². The number of morpholine rings is 2. The SMILES string of the molecule is CC1CCN(C(C)CNC(=O)c2cc(S(=O)(=O)N3CCOCC3)ccc2N2CCOCC2)CC1. The van der Waals surface area contributed by atoms with Gasteiger partial charge >= 0.3 is 0 Å². The number of hydrogen-bond donors (Lipinski definition) is 1. The maximum absolute atomic E-state index is 13.4. The second kappa shape index (κ2) is 11.3. The molecule has 3 heterocycles. The summed E-state index contributed by atoms with van der Waals surface area (Å²) in [7, 11) is -3.70. The summed E-state index contributed by atoms with van der Waals surface area (Å²) in [6, 6.07) is 5.15. The van der Waals surface area contributed by atoms with Gasteiger partial charge in [-0.15, -0.1) is 0 Å². The van der Waals surface area contributed by atoms with Gasteiger partial charge in [-0.3, -0.25) is 9.69 Å². The molecule has 4 rings (SSSR count). The zero-order valence-corrected chi connectivity index (χ0v) is 21.2. The number of likely N-dealkylation sites (tertiary alicyclic amines) is 1. The molecule has 3 aliphatic rings. The molecule has 1 N–H and O–H groups in total. The number of piperidine rings is 1. The summed E-state index contributed by atoms with van der Waals surface area (Å²) >= 11 is 0. The molecule has 0 spiro atoms. The first kappa shape index (κ1) is 25.4. The molecule has 1 aromatic rings. The van der Waals surface area contributed by atoms with Crippen molar-refractivity contribution in [3.8, 4) is 0 Å². The first-order chi connectivity index (χ1) is 16.4. The van der Waals surface area contributed by atoms with E-state index in [4.69, 9.17) is 9.47 Å². The van der Waals surface area contributed by atoms with Crippen LogP contribution in [0.3, 0.4) is 0 Å². The van der Waals surface area contributed by atoms with E-state index in [0.717, 1.165) is 24.7 Å². The number of nitrogens with zero attached hydrogens (tertiary/aromatic N) is 3. The summed E-state index contributed by atoms with van der Waals surface area (Å²) in [6.07, 6.45) is 2.36. The van der Waals surface area contributed by atoms with Gasteiger partial charge in [-0.1, -0.05) is 6.92 Å². The van der Waals surface area contributed by atoms with Gasteiger partial charge < -0.3 is 19.7 Å². The molecule has 10 heteroatoms. The van der Waals surface area contributed by atoms with Crippen LogP contribution in [-0.4, -0.2) is 102 Å². The van der Waals surface area contributed by atoms with E-state index >= 15 is 0 Å². The third-order valence-corrected chi connectivity index (χ3v) is 9.07. The van der Waals surface area contributed by atoms with Gasteiger partial charge in [0.15, 0.2) is 0 Å². The molecule has 1 amide bonds. The Labute approximate surface area is 203 Å². The molecule has 3 saturated heterocycles. The fraction of sp³-hybridized carbons (Fsp3) is 0.708. The number of hydrogen-bond acceptors (Lipinski definition) is 7. The zero-order chi connectivity index (χ0) is 24.1. The summed E-state index contributed by atoms with van der Waals surface area (Å²) in [5.74, 6) is 0.517. The van der Waals surface area contributed by atoms with E-state index < -0.39 is 10.0 Å². The van der Waals surface area contributed by atoms with Crippen LogP contribution in [0.1, 0.15) is 37.0 Å². The molecule has 3 aliphatic heterocycles. The van der Waals surface area contributed by atoms with Crippen molar-refractivity contribution in [1.29, 1.82) is 0 Å². The highest BCUT2D eigenvalue weighted by Gasteiger charge is 2.29. The number of anilines is 1. The van der Waals surface area contributed by atoms with Gasteiger partial charge in [0.2, 0.25) is 10.0 Å². The van der Waals surface area contributed by atoms with Gasteiger partial charge in [0.1, 0.15) is 0 Å². The van der Waals surface area contributed by atoms with E-state index in [1.807, 2.05) is 0 Å². The van der Waals surface area contributed by atoms with Crippen molar-refractivity contribution in [2.45, 2.75) is 37.6 Å². The monoisotopic (exact) mass is 494 g/mol. The number of ether oxygens (including phenoxy) is 2. The van der Waals surface area contributed by atoms with E-state index in [0.29, 0.717) is 64.7 Å². The van der Waals surface area contributed by atoms with E-state index in [2.05, 4.69) is 29.0 Å². The Balaban J connectivity index is 1.53. The first-order valence-corrected chi connectivity index (χ1v) is 13.9. The second-order valence-electron chi connectivity index (χ2n) is 9.57. The fourth-order valence-electron chi connectivity index (χ4n) is 4.81. The van der Waals surface area contributed by atoms with Crippen molar-refractivity contribution in [1.82, 2.24) is 14.5 Å². The standard InChI is InChI=1S/C24H38N4O5S/c1-19-5-7-26(8-6-19)20(2)18-25-24(29)22-17-21(34(30,31)28-11-15-33-16-12-28)3-4-23(22)27-9-13-32-14-10-27/h3-4,17,19-20H,5-16,18H2,1-2H3,(H,25,29). The van der Waals surface area contributed by atoms with Gasteiger partial charge in [-0.2, -0.15) is 4.31 Å².